The molecule has 1 aliphatic carbocycles. The van der Waals surface area contributed by atoms with Gasteiger partial charge in [-0.1, -0.05) is 48.0 Å². The molecule has 0 N–H and O–H groups in total. The molecule has 118 valence electrons. The Morgan fingerprint density at radius 3 is 2.27 bits per heavy atom. The number of rotatable bonds is 3. The molecule has 0 saturated carbocycles. The lowest BCUT2D eigenvalue weighted by Gasteiger charge is -2.14. The Kier molecular flexibility index (Phi) is 4.52. The molecule has 2 nitrogen and oxygen atoms in total. The smallest absolute Gasteiger partial charge is 0.416 e. The molecule has 0 atom stereocenters. The van der Waals surface area contributed by atoms with E-state index < -0.39 is 17.7 Å². The van der Waals surface area contributed by atoms with Crippen molar-refractivity contribution in [3.05, 3.63) is 57.6 Å². The normalized spacial score (nSPS) is 17.0. The van der Waals surface area contributed by atoms with Crippen molar-refractivity contribution >= 4 is 21.9 Å². The predicted molar refractivity (Wildman–Crippen MR) is 80.1 cm³/mol. The van der Waals surface area contributed by atoms with E-state index in [1.54, 1.807) is 12.2 Å². The Bertz CT molecular complexity index is 640. The minimum atomic E-state index is -4.37. The van der Waals surface area contributed by atoms with Crippen LogP contribution in [0.2, 0.25) is 0 Å². The number of carbonyl (C=O) groups is 1. The van der Waals surface area contributed by atoms with Gasteiger partial charge in [0.2, 0.25) is 0 Å². The van der Waals surface area contributed by atoms with E-state index in [9.17, 15) is 18.0 Å². The van der Waals surface area contributed by atoms with Gasteiger partial charge in [-0.3, -0.25) is 0 Å². The van der Waals surface area contributed by atoms with Crippen LogP contribution in [0, 0.1) is 5.41 Å². The molecule has 1 aromatic carbocycles. The summed E-state index contributed by atoms with van der Waals surface area (Å²) in [5, 5.41) is 0. The number of esters is 1. The van der Waals surface area contributed by atoms with Crippen molar-refractivity contribution < 1.29 is 22.7 Å². The van der Waals surface area contributed by atoms with Crippen LogP contribution in [0.1, 0.15) is 25.0 Å². The van der Waals surface area contributed by atoms with E-state index in [2.05, 4.69) is 15.9 Å². The third kappa shape index (κ3) is 3.80. The Hall–Kier alpha value is -1.56. The fourth-order valence-corrected chi connectivity index (χ4v) is 2.32. The van der Waals surface area contributed by atoms with E-state index >= 15 is 0 Å². The van der Waals surface area contributed by atoms with Gasteiger partial charge in [0.1, 0.15) is 6.61 Å². The molecule has 22 heavy (non-hydrogen) atoms. The maximum absolute atomic E-state index is 12.4. The summed E-state index contributed by atoms with van der Waals surface area (Å²) in [5.74, 6) is -0.498. The molecule has 0 bridgehead atoms. The molecular formula is C16H14BrF3O2. The number of carbonyl (C=O) groups excluding carboxylic acids is 1. The lowest BCUT2D eigenvalue weighted by molar-refractivity contribution is -0.140. The van der Waals surface area contributed by atoms with Crippen LogP contribution in [0.25, 0.3) is 0 Å². The van der Waals surface area contributed by atoms with Crippen LogP contribution in [0.4, 0.5) is 13.2 Å². The quantitative estimate of drug-likeness (QED) is 0.696. The molecule has 2 rings (SSSR count). The zero-order valence-electron chi connectivity index (χ0n) is 12.0. The van der Waals surface area contributed by atoms with Crippen molar-refractivity contribution in [1.29, 1.82) is 0 Å². The topological polar surface area (TPSA) is 26.3 Å². The molecular weight excluding hydrogens is 361 g/mol. The third-order valence-corrected chi connectivity index (χ3v) is 4.55. The summed E-state index contributed by atoms with van der Waals surface area (Å²) in [4.78, 5) is 11.9. The Labute approximate surface area is 134 Å². The maximum atomic E-state index is 12.4. The summed E-state index contributed by atoms with van der Waals surface area (Å²) in [6.07, 6.45) is -0.895. The van der Waals surface area contributed by atoms with Gasteiger partial charge >= 0.3 is 12.1 Å². The van der Waals surface area contributed by atoms with E-state index in [0.29, 0.717) is 11.1 Å². The molecule has 0 radical (unpaired) electrons. The molecule has 0 unspecified atom stereocenters. The van der Waals surface area contributed by atoms with Crippen molar-refractivity contribution in [2.45, 2.75) is 26.6 Å². The number of hydrogen-bond acceptors (Lipinski definition) is 2. The molecule has 0 aromatic heterocycles. The zero-order valence-corrected chi connectivity index (χ0v) is 13.6. The van der Waals surface area contributed by atoms with Gasteiger partial charge in [-0.15, -0.1) is 0 Å². The monoisotopic (exact) mass is 374 g/mol. The average Bonchev–Trinajstić information content (AvgIpc) is 2.70. The molecule has 6 heteroatoms. The SMILES string of the molecule is CC1(C)C=C(C(=O)OCc2ccc(C(F)(F)F)cc2)C=C1Br. The lowest BCUT2D eigenvalue weighted by Crippen LogP contribution is -2.08. The molecule has 0 heterocycles. The van der Waals surface area contributed by atoms with Gasteiger partial charge in [-0.25, -0.2) is 4.79 Å². The second-order valence-corrected chi connectivity index (χ2v) is 6.44. The van der Waals surface area contributed by atoms with Crippen LogP contribution in [0.15, 0.2) is 46.5 Å². The van der Waals surface area contributed by atoms with Crippen LogP contribution in [0.3, 0.4) is 0 Å². The lowest BCUT2D eigenvalue weighted by atomic mass is 9.96. The van der Waals surface area contributed by atoms with E-state index in [1.165, 1.54) is 12.1 Å². The van der Waals surface area contributed by atoms with E-state index in [0.717, 1.165) is 16.6 Å². The summed E-state index contributed by atoms with van der Waals surface area (Å²) in [7, 11) is 0. The Balaban J connectivity index is 1.98. The van der Waals surface area contributed by atoms with Crippen LogP contribution < -0.4 is 0 Å². The van der Waals surface area contributed by atoms with E-state index in [1.807, 2.05) is 13.8 Å². The van der Waals surface area contributed by atoms with Crippen LogP contribution in [-0.2, 0) is 22.3 Å². The van der Waals surface area contributed by atoms with Crippen molar-refractivity contribution in [3.8, 4) is 0 Å². The van der Waals surface area contributed by atoms with E-state index in [4.69, 9.17) is 4.74 Å². The maximum Gasteiger partial charge on any atom is 0.416 e. The van der Waals surface area contributed by atoms with Gasteiger partial charge in [0.25, 0.3) is 0 Å². The van der Waals surface area contributed by atoms with Gasteiger partial charge in [0.05, 0.1) is 11.1 Å². The number of benzene rings is 1. The minimum Gasteiger partial charge on any atom is -0.457 e. The van der Waals surface area contributed by atoms with Crippen molar-refractivity contribution in [1.82, 2.24) is 0 Å². The van der Waals surface area contributed by atoms with Gasteiger partial charge < -0.3 is 4.74 Å². The van der Waals surface area contributed by atoms with Crippen molar-refractivity contribution in [2.24, 2.45) is 5.41 Å². The van der Waals surface area contributed by atoms with Crippen LogP contribution in [-0.4, -0.2) is 5.97 Å². The molecule has 1 aromatic rings. The fraction of sp³-hybridized carbons (Fsp3) is 0.312. The number of ether oxygens (including phenoxy) is 1. The second kappa shape index (κ2) is 5.91. The van der Waals surface area contributed by atoms with Gasteiger partial charge in [-0.05, 0) is 23.8 Å². The number of allylic oxidation sites excluding steroid dienone is 2. The first-order chi connectivity index (χ1) is 10.1. The number of alkyl halides is 3. The standard InChI is InChI=1S/C16H14BrF3O2/c1-15(2)8-11(7-13(15)17)14(21)22-9-10-3-5-12(6-4-10)16(18,19)20/h3-8H,9H2,1-2H3. The van der Waals surface area contributed by atoms with Gasteiger partial charge in [-0.2, -0.15) is 13.2 Å². The summed E-state index contributed by atoms with van der Waals surface area (Å²) in [5.41, 5.74) is -0.0522. The second-order valence-electron chi connectivity index (χ2n) is 5.58. The number of halogens is 4. The van der Waals surface area contributed by atoms with Gasteiger partial charge in [0, 0.05) is 9.90 Å². The van der Waals surface area contributed by atoms with Crippen LogP contribution in [0.5, 0.6) is 0 Å². The fourth-order valence-electron chi connectivity index (χ4n) is 1.96. The summed E-state index contributed by atoms with van der Waals surface area (Å²) < 4.78 is 43.3. The molecule has 0 amide bonds. The highest BCUT2D eigenvalue weighted by molar-refractivity contribution is 9.11. The highest BCUT2D eigenvalue weighted by Gasteiger charge is 2.30. The third-order valence-electron chi connectivity index (χ3n) is 3.30. The molecule has 0 saturated heterocycles. The minimum absolute atomic E-state index is 0.0692. The van der Waals surface area contributed by atoms with E-state index in [-0.39, 0.29) is 12.0 Å². The number of hydrogen-bond donors (Lipinski definition) is 0. The average molecular weight is 375 g/mol. The molecule has 0 spiro atoms. The Morgan fingerprint density at radius 2 is 1.82 bits per heavy atom. The largest absolute Gasteiger partial charge is 0.457 e. The summed E-state index contributed by atoms with van der Waals surface area (Å²) in [6, 6.07) is 4.54. The highest BCUT2D eigenvalue weighted by atomic mass is 79.9. The van der Waals surface area contributed by atoms with Crippen molar-refractivity contribution in [3.63, 3.8) is 0 Å². The first-order valence-electron chi connectivity index (χ1n) is 6.53. The molecule has 0 fully saturated rings. The first kappa shape index (κ1) is 16.8. The van der Waals surface area contributed by atoms with Gasteiger partial charge in [0.15, 0.2) is 0 Å². The summed E-state index contributed by atoms with van der Waals surface area (Å²) in [6.45, 7) is 3.83. The summed E-state index contributed by atoms with van der Waals surface area (Å²) >= 11 is 3.39. The highest BCUT2D eigenvalue weighted by Crippen LogP contribution is 2.39. The molecule has 1 aliphatic rings. The van der Waals surface area contributed by atoms with Crippen molar-refractivity contribution in [2.75, 3.05) is 0 Å². The first-order valence-corrected chi connectivity index (χ1v) is 7.33. The predicted octanol–water partition coefficient (Wildman–Crippen LogP) is 4.99. The molecule has 0 aliphatic heterocycles. The zero-order chi connectivity index (χ0) is 16.5. The van der Waals surface area contributed by atoms with Crippen LogP contribution >= 0.6 is 15.9 Å². The Morgan fingerprint density at radius 1 is 1.23 bits per heavy atom.